The van der Waals surface area contributed by atoms with E-state index in [9.17, 15) is 4.79 Å². The topological polar surface area (TPSA) is 79.2 Å². The molecular weight excluding hydrogens is 292 g/mol. The van der Waals surface area contributed by atoms with Crippen LogP contribution in [0.2, 0.25) is 0 Å². The highest BCUT2D eigenvalue weighted by Gasteiger charge is 2.16. The van der Waals surface area contributed by atoms with Crippen LogP contribution in [0.25, 0.3) is 5.69 Å². The quantitative estimate of drug-likeness (QED) is 0.766. The number of urea groups is 1. The summed E-state index contributed by atoms with van der Waals surface area (Å²) in [4.78, 5) is 12.3. The lowest BCUT2D eigenvalue weighted by atomic mass is 10.0. The predicted octanol–water partition coefficient (Wildman–Crippen LogP) is 2.71. The van der Waals surface area contributed by atoms with Gasteiger partial charge in [-0.2, -0.15) is 5.10 Å². The number of nitrogens with one attached hydrogen (secondary N) is 2. The number of aliphatic hydroxyl groups excluding tert-OH is 1. The maximum absolute atomic E-state index is 12.3. The summed E-state index contributed by atoms with van der Waals surface area (Å²) in [6.45, 7) is 6.00. The van der Waals surface area contributed by atoms with Crippen molar-refractivity contribution in [2.45, 2.75) is 33.2 Å². The smallest absolute Gasteiger partial charge is 0.319 e. The van der Waals surface area contributed by atoms with Crippen molar-refractivity contribution in [3.05, 3.63) is 42.2 Å². The van der Waals surface area contributed by atoms with Crippen molar-refractivity contribution in [2.75, 3.05) is 11.9 Å². The second-order valence-electron chi connectivity index (χ2n) is 5.88. The van der Waals surface area contributed by atoms with E-state index >= 15 is 0 Å². The molecule has 0 aliphatic heterocycles. The maximum atomic E-state index is 12.3. The van der Waals surface area contributed by atoms with E-state index in [1.54, 1.807) is 4.68 Å². The molecule has 23 heavy (non-hydrogen) atoms. The Bertz CT molecular complexity index is 652. The third-order valence-electron chi connectivity index (χ3n) is 3.68. The maximum Gasteiger partial charge on any atom is 0.319 e. The van der Waals surface area contributed by atoms with Gasteiger partial charge in [-0.25, -0.2) is 9.48 Å². The number of aromatic nitrogens is 2. The fourth-order valence-electron chi connectivity index (χ4n) is 2.37. The van der Waals surface area contributed by atoms with Gasteiger partial charge in [0.1, 0.15) is 0 Å². The van der Waals surface area contributed by atoms with E-state index in [1.165, 1.54) is 0 Å². The molecule has 6 nitrogen and oxygen atoms in total. The predicted molar refractivity (Wildman–Crippen MR) is 90.8 cm³/mol. The Balaban J connectivity index is 2.12. The Hall–Kier alpha value is -2.34. The number of nitrogens with zero attached hydrogens (tertiary/aromatic N) is 2. The average Bonchev–Trinajstić information content (AvgIpc) is 2.93. The number of aryl methyl sites for hydroxylation is 1. The van der Waals surface area contributed by atoms with E-state index in [2.05, 4.69) is 15.7 Å². The van der Waals surface area contributed by atoms with Crippen LogP contribution in [0.1, 0.15) is 26.0 Å². The fourth-order valence-corrected chi connectivity index (χ4v) is 2.37. The zero-order valence-corrected chi connectivity index (χ0v) is 13.8. The number of rotatable bonds is 6. The van der Waals surface area contributed by atoms with Gasteiger partial charge in [0, 0.05) is 18.8 Å². The molecule has 0 saturated carbocycles. The van der Waals surface area contributed by atoms with Gasteiger partial charge >= 0.3 is 6.03 Å². The minimum atomic E-state index is -0.284. The van der Waals surface area contributed by atoms with Crippen LogP contribution in [0.4, 0.5) is 10.5 Å². The average molecular weight is 316 g/mol. The number of amides is 2. The first-order valence-electron chi connectivity index (χ1n) is 7.81. The molecule has 1 aromatic carbocycles. The highest BCUT2D eigenvalue weighted by molar-refractivity contribution is 5.91. The molecular formula is C17H24N4O2. The van der Waals surface area contributed by atoms with E-state index in [-0.39, 0.29) is 24.6 Å². The SMILES string of the molecule is Cc1ccn(-c2ccccc2NC(=O)NC(CCO)C(C)C)n1. The molecule has 2 aromatic rings. The third-order valence-corrected chi connectivity index (χ3v) is 3.68. The lowest BCUT2D eigenvalue weighted by Gasteiger charge is -2.22. The van der Waals surface area contributed by atoms with Crippen LogP contribution >= 0.6 is 0 Å². The van der Waals surface area contributed by atoms with E-state index in [4.69, 9.17) is 5.11 Å². The van der Waals surface area contributed by atoms with E-state index in [0.29, 0.717) is 12.1 Å². The lowest BCUT2D eigenvalue weighted by Crippen LogP contribution is -2.41. The van der Waals surface area contributed by atoms with Crippen LogP contribution in [0.15, 0.2) is 36.5 Å². The zero-order chi connectivity index (χ0) is 16.8. The molecule has 6 heteroatoms. The van der Waals surface area contributed by atoms with Crippen molar-refractivity contribution in [2.24, 2.45) is 5.92 Å². The molecule has 0 radical (unpaired) electrons. The first kappa shape index (κ1) is 17.0. The van der Waals surface area contributed by atoms with Crippen LogP contribution in [0.3, 0.4) is 0 Å². The second kappa shape index (κ2) is 7.78. The summed E-state index contributed by atoms with van der Waals surface area (Å²) in [6.07, 6.45) is 2.39. The minimum Gasteiger partial charge on any atom is -0.396 e. The molecule has 2 amide bonds. The molecule has 124 valence electrons. The first-order chi connectivity index (χ1) is 11.0. The van der Waals surface area contributed by atoms with Gasteiger partial charge in [0.2, 0.25) is 0 Å². The van der Waals surface area contributed by atoms with Gasteiger partial charge in [-0.1, -0.05) is 26.0 Å². The Morgan fingerprint density at radius 2 is 2.04 bits per heavy atom. The lowest BCUT2D eigenvalue weighted by molar-refractivity contribution is 0.227. The van der Waals surface area contributed by atoms with Gasteiger partial charge < -0.3 is 15.7 Å². The molecule has 1 aromatic heterocycles. The summed E-state index contributed by atoms with van der Waals surface area (Å²) in [6, 6.07) is 9.05. The largest absolute Gasteiger partial charge is 0.396 e. The van der Waals surface area contributed by atoms with Gasteiger partial charge in [-0.3, -0.25) is 0 Å². The second-order valence-corrected chi connectivity index (χ2v) is 5.88. The third kappa shape index (κ3) is 4.56. The first-order valence-corrected chi connectivity index (χ1v) is 7.81. The number of hydrogen-bond acceptors (Lipinski definition) is 3. The van der Waals surface area contributed by atoms with Crippen LogP contribution in [-0.4, -0.2) is 33.6 Å². The summed E-state index contributed by atoms with van der Waals surface area (Å²) in [7, 11) is 0. The Morgan fingerprint density at radius 3 is 2.65 bits per heavy atom. The summed E-state index contributed by atoms with van der Waals surface area (Å²) < 4.78 is 1.73. The van der Waals surface area contributed by atoms with Crippen molar-refractivity contribution in [1.82, 2.24) is 15.1 Å². The number of anilines is 1. The zero-order valence-electron chi connectivity index (χ0n) is 13.8. The summed E-state index contributed by atoms with van der Waals surface area (Å²) in [5.74, 6) is 0.247. The highest BCUT2D eigenvalue weighted by Crippen LogP contribution is 2.19. The number of aliphatic hydroxyl groups is 1. The van der Waals surface area contributed by atoms with Gasteiger partial charge in [0.05, 0.1) is 17.1 Å². The van der Waals surface area contributed by atoms with Crippen LogP contribution in [0.5, 0.6) is 0 Å². The van der Waals surface area contributed by atoms with E-state index in [1.807, 2.05) is 57.3 Å². The standard InChI is InChI=1S/C17H24N4O2/c1-12(2)14(9-11-22)18-17(23)19-15-6-4-5-7-16(15)21-10-8-13(3)20-21/h4-8,10,12,14,22H,9,11H2,1-3H3,(H2,18,19,23). The fraction of sp³-hybridized carbons (Fsp3) is 0.412. The molecule has 0 aliphatic carbocycles. The molecule has 1 unspecified atom stereocenters. The minimum absolute atomic E-state index is 0.0479. The van der Waals surface area contributed by atoms with Gasteiger partial charge in [-0.05, 0) is 37.5 Å². The number of para-hydroxylation sites is 2. The molecule has 0 spiro atoms. The molecule has 1 heterocycles. The molecule has 1 atom stereocenters. The number of carbonyl (C=O) groups is 1. The Labute approximate surface area is 136 Å². The van der Waals surface area contributed by atoms with Crippen molar-refractivity contribution in [3.63, 3.8) is 0 Å². The van der Waals surface area contributed by atoms with Crippen molar-refractivity contribution in [1.29, 1.82) is 0 Å². The molecule has 2 rings (SSSR count). The van der Waals surface area contributed by atoms with Crippen molar-refractivity contribution >= 4 is 11.7 Å². The normalized spacial score (nSPS) is 12.2. The molecule has 0 bridgehead atoms. The molecule has 0 saturated heterocycles. The Morgan fingerprint density at radius 1 is 1.30 bits per heavy atom. The van der Waals surface area contributed by atoms with Gasteiger partial charge in [0.25, 0.3) is 0 Å². The van der Waals surface area contributed by atoms with Crippen molar-refractivity contribution in [3.8, 4) is 5.69 Å². The number of carbonyl (C=O) groups excluding carboxylic acids is 1. The monoisotopic (exact) mass is 316 g/mol. The van der Waals surface area contributed by atoms with Crippen LogP contribution < -0.4 is 10.6 Å². The molecule has 0 fully saturated rings. The highest BCUT2D eigenvalue weighted by atomic mass is 16.3. The van der Waals surface area contributed by atoms with Gasteiger partial charge in [-0.15, -0.1) is 0 Å². The number of benzene rings is 1. The van der Waals surface area contributed by atoms with Crippen LogP contribution in [0, 0.1) is 12.8 Å². The number of hydrogen-bond donors (Lipinski definition) is 3. The summed E-state index contributed by atoms with van der Waals surface area (Å²) in [5, 5.41) is 19.3. The van der Waals surface area contributed by atoms with E-state index in [0.717, 1.165) is 11.4 Å². The summed E-state index contributed by atoms with van der Waals surface area (Å²) in [5.41, 5.74) is 2.39. The van der Waals surface area contributed by atoms with Crippen LogP contribution in [-0.2, 0) is 0 Å². The molecule has 0 aliphatic rings. The molecule has 3 N–H and O–H groups in total. The van der Waals surface area contributed by atoms with Gasteiger partial charge in [0.15, 0.2) is 0 Å². The summed E-state index contributed by atoms with van der Waals surface area (Å²) >= 11 is 0. The Kier molecular flexibility index (Phi) is 5.76. The van der Waals surface area contributed by atoms with Crippen molar-refractivity contribution < 1.29 is 9.90 Å². The van der Waals surface area contributed by atoms with E-state index < -0.39 is 0 Å².